The Morgan fingerprint density at radius 3 is 2.22 bits per heavy atom. The second-order valence-electron chi connectivity index (χ2n) is 8.16. The molecule has 0 unspecified atom stereocenters. The molecule has 0 aliphatic rings. The minimum absolute atomic E-state index is 0.318. The number of likely N-dealkylation sites (N-methyl/N-ethyl adjacent to an activating group) is 1. The van der Waals surface area contributed by atoms with E-state index in [1.54, 1.807) is 19.3 Å². The van der Waals surface area contributed by atoms with Crippen molar-refractivity contribution in [2.45, 2.75) is 75.7 Å². The number of hydrogen-bond donors (Lipinski definition) is 5. The van der Waals surface area contributed by atoms with Crippen molar-refractivity contribution in [1.29, 1.82) is 5.41 Å². The Bertz CT molecular complexity index is 1040. The average Bonchev–Trinajstić information content (AvgIpc) is 3.38. The highest BCUT2D eigenvalue weighted by molar-refractivity contribution is 6.08. The van der Waals surface area contributed by atoms with Crippen molar-refractivity contribution < 1.29 is 4.74 Å². The van der Waals surface area contributed by atoms with E-state index < -0.39 is 0 Å². The van der Waals surface area contributed by atoms with Crippen LogP contribution in [0, 0.1) is 12.3 Å². The molecule has 1 heterocycles. The van der Waals surface area contributed by atoms with Gasteiger partial charge in [-0.25, -0.2) is 4.98 Å². The number of nitrogens with one attached hydrogen (secondary N) is 4. The number of aromatic nitrogens is 2. The molecule has 0 radical (unpaired) electrons. The largest absolute Gasteiger partial charge is 0.497 e. The molecule has 6 N–H and O–H groups in total. The van der Waals surface area contributed by atoms with Crippen molar-refractivity contribution in [3.63, 3.8) is 0 Å². The molecule has 0 atom stereocenters. The predicted molar refractivity (Wildman–Crippen MR) is 183 cm³/mol. The minimum atomic E-state index is 0.318. The van der Waals surface area contributed by atoms with Gasteiger partial charge in [0.2, 0.25) is 0 Å². The van der Waals surface area contributed by atoms with Gasteiger partial charge in [-0.2, -0.15) is 0 Å². The van der Waals surface area contributed by atoms with Crippen LogP contribution >= 0.6 is 0 Å². The maximum Gasteiger partial charge on any atom is 0.156 e. The number of nitrogens with two attached hydrogens (primary N) is 1. The van der Waals surface area contributed by atoms with Crippen molar-refractivity contribution in [1.82, 2.24) is 20.6 Å². The molecule has 1 aromatic heterocycles. The van der Waals surface area contributed by atoms with E-state index in [9.17, 15) is 0 Å². The SMILES string of the molecule is C/C=C(\C=C(/C=C/CC)CNCC)C(/C)=C/NC.C=C(/C=C\c1nc(C(=N)/C(=C/C)CN)[nH]c1C)OC.CC.CC. The second-order valence-corrected chi connectivity index (χ2v) is 8.16. The maximum atomic E-state index is 8.04. The summed E-state index contributed by atoms with van der Waals surface area (Å²) in [5.74, 6) is 1.06. The van der Waals surface area contributed by atoms with Crippen LogP contribution in [-0.4, -0.2) is 49.5 Å². The van der Waals surface area contributed by atoms with E-state index in [0.29, 0.717) is 23.8 Å². The molecule has 0 aromatic carbocycles. The molecule has 41 heavy (non-hydrogen) atoms. The Morgan fingerprint density at radius 1 is 1.12 bits per heavy atom. The zero-order valence-electron chi connectivity index (χ0n) is 28.1. The predicted octanol–water partition coefficient (Wildman–Crippen LogP) is 7.77. The summed E-state index contributed by atoms with van der Waals surface area (Å²) in [7, 11) is 3.49. The number of allylic oxidation sites excluding steroid dienone is 7. The number of imidazole rings is 1. The monoisotopic (exact) mass is 568 g/mol. The van der Waals surface area contributed by atoms with Crippen LogP contribution in [0.4, 0.5) is 0 Å². The van der Waals surface area contributed by atoms with Gasteiger partial charge in [0.15, 0.2) is 5.82 Å². The summed E-state index contributed by atoms with van der Waals surface area (Å²) in [6.45, 7) is 26.2. The van der Waals surface area contributed by atoms with Gasteiger partial charge in [0, 0.05) is 25.8 Å². The summed E-state index contributed by atoms with van der Waals surface area (Å²) in [6.07, 6.45) is 17.3. The molecule has 0 aliphatic carbocycles. The van der Waals surface area contributed by atoms with Crippen LogP contribution in [-0.2, 0) is 4.74 Å². The van der Waals surface area contributed by atoms with Crippen LogP contribution in [0.15, 0.2) is 77.3 Å². The van der Waals surface area contributed by atoms with Gasteiger partial charge in [-0.15, -0.1) is 0 Å². The smallest absolute Gasteiger partial charge is 0.156 e. The van der Waals surface area contributed by atoms with E-state index >= 15 is 0 Å². The summed E-state index contributed by atoms with van der Waals surface area (Å²) >= 11 is 0. The van der Waals surface area contributed by atoms with Crippen LogP contribution in [0.5, 0.6) is 0 Å². The summed E-state index contributed by atoms with van der Waals surface area (Å²) < 4.78 is 4.95. The number of aromatic amines is 1. The standard InChI is InChI=1S/C16H28N2.C14H20N4O.2C2H6/c1-6-9-10-15(13-18-8-3)11-16(7-2)14(4)12-17-5;1-5-11(8-15)13(16)14-17-10(3)12(18-14)7-6-9(2)19-4;2*1-2/h7,9-12,17-18H,6,8,13H2,1-5H3;5-7,16H,2,8,15H2,1,3-4H3,(H,17,18);2*1-2H3/b10-9+,14-12+,15-11+,16-7+;7-6-,11-5+,16-13?;;. The molecule has 7 nitrogen and oxygen atoms in total. The van der Waals surface area contributed by atoms with E-state index in [1.807, 2.05) is 60.9 Å². The Morgan fingerprint density at radius 2 is 1.76 bits per heavy atom. The number of aryl methyl sites for hydroxylation is 1. The van der Waals surface area contributed by atoms with Crippen molar-refractivity contribution >= 4 is 11.8 Å². The fraction of sp³-hybridized carbons (Fsp3) is 0.471. The average molecular weight is 569 g/mol. The molecular weight excluding hydrogens is 508 g/mol. The topological polar surface area (TPSA) is 112 Å². The molecule has 0 amide bonds. The lowest BCUT2D eigenvalue weighted by molar-refractivity contribution is 0.309. The van der Waals surface area contributed by atoms with Gasteiger partial charge in [0.1, 0.15) is 11.5 Å². The molecule has 0 saturated heterocycles. The van der Waals surface area contributed by atoms with Crippen LogP contribution in [0.2, 0.25) is 0 Å². The minimum Gasteiger partial charge on any atom is -0.497 e. The van der Waals surface area contributed by atoms with Crippen LogP contribution in [0.25, 0.3) is 6.08 Å². The molecular formula is C34H60N6O. The normalized spacial score (nSPS) is 12.1. The third-order valence-corrected chi connectivity index (χ3v) is 5.35. The molecule has 232 valence electrons. The zero-order valence-corrected chi connectivity index (χ0v) is 28.1. The van der Waals surface area contributed by atoms with Gasteiger partial charge in [-0.3, -0.25) is 5.41 Å². The molecule has 0 bridgehead atoms. The first-order chi connectivity index (χ1) is 19.7. The van der Waals surface area contributed by atoms with Crippen molar-refractivity contribution in [3.05, 3.63) is 94.5 Å². The van der Waals surface area contributed by atoms with Gasteiger partial charge in [-0.1, -0.05) is 78.5 Å². The quantitative estimate of drug-likeness (QED) is 0.0894. The van der Waals surface area contributed by atoms with E-state index in [1.165, 1.54) is 16.7 Å². The number of ether oxygens (including phenoxy) is 1. The Labute approximate surface area is 252 Å². The first kappa shape index (κ1) is 42.1. The Hall–Kier alpha value is -3.42. The highest BCUT2D eigenvalue weighted by Crippen LogP contribution is 2.14. The number of nitrogens with zero attached hydrogens (tertiary/aromatic N) is 1. The van der Waals surface area contributed by atoms with E-state index in [4.69, 9.17) is 15.9 Å². The highest BCUT2D eigenvalue weighted by atomic mass is 16.5. The highest BCUT2D eigenvalue weighted by Gasteiger charge is 2.11. The maximum absolute atomic E-state index is 8.04. The van der Waals surface area contributed by atoms with Gasteiger partial charge < -0.3 is 26.1 Å². The second kappa shape index (κ2) is 28.1. The lowest BCUT2D eigenvalue weighted by Crippen LogP contribution is -2.15. The Balaban J connectivity index is -0.000000629. The summed E-state index contributed by atoms with van der Waals surface area (Å²) in [4.78, 5) is 7.45. The number of methoxy groups -OCH3 is 1. The lowest BCUT2D eigenvalue weighted by atomic mass is 10.0. The summed E-state index contributed by atoms with van der Waals surface area (Å²) in [6, 6.07) is 0. The first-order valence-corrected chi connectivity index (χ1v) is 14.7. The summed E-state index contributed by atoms with van der Waals surface area (Å²) in [5.41, 5.74) is 12.1. The van der Waals surface area contributed by atoms with Gasteiger partial charge in [0.05, 0.1) is 12.8 Å². The van der Waals surface area contributed by atoms with Crippen LogP contribution in [0.1, 0.15) is 85.9 Å². The van der Waals surface area contributed by atoms with Gasteiger partial charge in [0.25, 0.3) is 0 Å². The fourth-order valence-corrected chi connectivity index (χ4v) is 3.13. The number of H-pyrrole nitrogens is 1. The lowest BCUT2D eigenvalue weighted by Gasteiger charge is -2.07. The van der Waals surface area contributed by atoms with Crippen LogP contribution < -0.4 is 16.4 Å². The van der Waals surface area contributed by atoms with E-state index in [-0.39, 0.29) is 0 Å². The van der Waals surface area contributed by atoms with Gasteiger partial charge >= 0.3 is 0 Å². The van der Waals surface area contributed by atoms with Crippen molar-refractivity contribution in [3.8, 4) is 0 Å². The molecule has 0 spiro atoms. The molecule has 0 aliphatic heterocycles. The van der Waals surface area contributed by atoms with Gasteiger partial charge in [-0.05, 0) is 81.3 Å². The molecule has 0 fully saturated rings. The third kappa shape index (κ3) is 18.5. The molecule has 7 heteroatoms. The Kier molecular flexibility index (Phi) is 28.8. The first-order valence-electron chi connectivity index (χ1n) is 14.7. The van der Waals surface area contributed by atoms with E-state index in [0.717, 1.165) is 36.5 Å². The van der Waals surface area contributed by atoms with Crippen LogP contribution in [0.3, 0.4) is 0 Å². The third-order valence-electron chi connectivity index (χ3n) is 5.35. The van der Waals surface area contributed by atoms with Crippen molar-refractivity contribution in [2.24, 2.45) is 5.73 Å². The number of hydrogen-bond acceptors (Lipinski definition) is 6. The fourth-order valence-electron chi connectivity index (χ4n) is 3.13. The summed E-state index contributed by atoms with van der Waals surface area (Å²) in [5, 5.41) is 14.5. The molecule has 0 saturated carbocycles. The zero-order chi connectivity index (χ0) is 32.2. The molecule has 1 rings (SSSR count). The number of rotatable bonds is 14. The van der Waals surface area contributed by atoms with Crippen molar-refractivity contribution in [2.75, 3.05) is 33.8 Å². The van der Waals surface area contributed by atoms with E-state index in [2.05, 4.69) is 79.2 Å². The molecule has 1 aromatic rings.